The third kappa shape index (κ3) is 3.70. The summed E-state index contributed by atoms with van der Waals surface area (Å²) in [5, 5.41) is 0. The van der Waals surface area contributed by atoms with E-state index in [0.29, 0.717) is 12.2 Å². The quantitative estimate of drug-likeness (QED) is 0.694. The predicted molar refractivity (Wildman–Crippen MR) is 71.9 cm³/mol. The van der Waals surface area contributed by atoms with Gasteiger partial charge in [-0.05, 0) is 25.0 Å². The maximum atomic E-state index is 5.82. The molecule has 1 heterocycles. The summed E-state index contributed by atoms with van der Waals surface area (Å²) in [5.41, 5.74) is 1.17. The minimum absolute atomic E-state index is 0.308. The number of hydrogen-bond acceptors (Lipinski definition) is 3. The Morgan fingerprint density at radius 1 is 1.22 bits per heavy atom. The van der Waals surface area contributed by atoms with Crippen LogP contribution in [0.1, 0.15) is 44.7 Å². The van der Waals surface area contributed by atoms with E-state index in [1.807, 2.05) is 12.3 Å². The van der Waals surface area contributed by atoms with Gasteiger partial charge < -0.3 is 9.47 Å². The molecule has 0 amide bonds. The van der Waals surface area contributed by atoms with Crippen LogP contribution in [-0.4, -0.2) is 24.3 Å². The summed E-state index contributed by atoms with van der Waals surface area (Å²) in [6.07, 6.45) is 9.36. The first-order chi connectivity index (χ1) is 8.81. The fourth-order valence-electron chi connectivity index (χ4n) is 2.18. The summed E-state index contributed by atoms with van der Waals surface area (Å²) < 4.78 is 11.1. The molecule has 100 valence electrons. The van der Waals surface area contributed by atoms with Gasteiger partial charge in [0.2, 0.25) is 0 Å². The minimum atomic E-state index is 0.308. The smallest absolute Gasteiger partial charge is 0.138 e. The Labute approximate surface area is 110 Å². The van der Waals surface area contributed by atoms with Gasteiger partial charge in [-0.1, -0.05) is 19.8 Å². The van der Waals surface area contributed by atoms with Crippen LogP contribution in [0.4, 0.5) is 0 Å². The third-order valence-corrected chi connectivity index (χ3v) is 3.52. The van der Waals surface area contributed by atoms with Crippen LogP contribution < -0.4 is 4.74 Å². The number of hydrogen-bond donors (Lipinski definition) is 0. The molecular formula is C15H23NO2. The summed E-state index contributed by atoms with van der Waals surface area (Å²) in [7, 11) is 1.76. The van der Waals surface area contributed by atoms with Crippen LogP contribution in [0, 0.1) is 0 Å². The molecule has 1 aliphatic rings. The van der Waals surface area contributed by atoms with Crippen molar-refractivity contribution in [1.82, 2.24) is 4.98 Å². The Morgan fingerprint density at radius 2 is 2.06 bits per heavy atom. The zero-order valence-electron chi connectivity index (χ0n) is 11.4. The molecule has 3 heteroatoms. The van der Waals surface area contributed by atoms with E-state index in [1.54, 1.807) is 7.11 Å². The summed E-state index contributed by atoms with van der Waals surface area (Å²) in [5.74, 6) is 0.883. The van der Waals surface area contributed by atoms with Crippen molar-refractivity contribution in [2.24, 2.45) is 0 Å². The Morgan fingerprint density at radius 3 is 2.67 bits per heavy atom. The summed E-state index contributed by atoms with van der Waals surface area (Å²) >= 11 is 0. The second-order valence-electron chi connectivity index (χ2n) is 5.01. The fourth-order valence-corrected chi connectivity index (χ4v) is 2.18. The van der Waals surface area contributed by atoms with E-state index in [1.165, 1.54) is 25.0 Å². The number of unbranched alkanes of at least 4 members (excludes halogenated alkanes) is 2. The normalized spacial score (nSPS) is 22.6. The van der Waals surface area contributed by atoms with Gasteiger partial charge in [0, 0.05) is 25.6 Å². The summed E-state index contributed by atoms with van der Waals surface area (Å²) in [6, 6.07) is 4.12. The number of aryl methyl sites for hydroxylation is 1. The van der Waals surface area contributed by atoms with Crippen molar-refractivity contribution in [2.45, 2.75) is 57.7 Å². The van der Waals surface area contributed by atoms with E-state index in [4.69, 9.17) is 9.47 Å². The molecule has 0 aliphatic heterocycles. The highest BCUT2D eigenvalue weighted by Crippen LogP contribution is 2.27. The molecule has 1 aromatic rings. The Kier molecular flexibility index (Phi) is 5.00. The van der Waals surface area contributed by atoms with Gasteiger partial charge in [-0.2, -0.15) is 0 Å². The fraction of sp³-hybridized carbons (Fsp3) is 0.667. The van der Waals surface area contributed by atoms with E-state index in [9.17, 15) is 0 Å². The van der Waals surface area contributed by atoms with Gasteiger partial charge in [-0.25, -0.2) is 0 Å². The molecule has 1 aromatic heterocycles. The van der Waals surface area contributed by atoms with Crippen LogP contribution in [0.15, 0.2) is 18.3 Å². The lowest BCUT2D eigenvalue weighted by Crippen LogP contribution is -2.38. The number of nitrogens with zero attached hydrogens (tertiary/aromatic N) is 1. The van der Waals surface area contributed by atoms with Crippen LogP contribution in [0.25, 0.3) is 0 Å². The van der Waals surface area contributed by atoms with Gasteiger partial charge in [0.1, 0.15) is 11.9 Å². The first-order valence-electron chi connectivity index (χ1n) is 6.96. The van der Waals surface area contributed by atoms with Gasteiger partial charge in [-0.3, -0.25) is 4.98 Å². The first kappa shape index (κ1) is 13.3. The molecular weight excluding hydrogens is 226 g/mol. The van der Waals surface area contributed by atoms with E-state index < -0.39 is 0 Å². The number of ether oxygens (including phenoxy) is 2. The standard InChI is InChI=1S/C15H23NO2/c1-3-4-5-6-12-7-8-13(11-16-12)18-15-9-14(10-15)17-2/h7-8,11,14-15H,3-6,9-10H2,1-2H3. The molecule has 3 nitrogen and oxygen atoms in total. The highest BCUT2D eigenvalue weighted by atomic mass is 16.5. The van der Waals surface area contributed by atoms with Crippen LogP contribution in [0.3, 0.4) is 0 Å². The molecule has 0 atom stereocenters. The zero-order chi connectivity index (χ0) is 12.8. The lowest BCUT2D eigenvalue weighted by Gasteiger charge is -2.34. The summed E-state index contributed by atoms with van der Waals surface area (Å²) in [6.45, 7) is 2.22. The Hall–Kier alpha value is -1.09. The molecule has 1 fully saturated rings. The van der Waals surface area contributed by atoms with Crippen molar-refractivity contribution in [2.75, 3.05) is 7.11 Å². The predicted octanol–water partition coefficient (Wildman–Crippen LogP) is 3.37. The third-order valence-electron chi connectivity index (χ3n) is 3.52. The largest absolute Gasteiger partial charge is 0.489 e. The molecule has 0 N–H and O–H groups in total. The van der Waals surface area contributed by atoms with Crippen molar-refractivity contribution in [3.8, 4) is 5.75 Å². The molecule has 0 saturated heterocycles. The van der Waals surface area contributed by atoms with Crippen LogP contribution in [0.5, 0.6) is 5.75 Å². The van der Waals surface area contributed by atoms with E-state index in [0.717, 1.165) is 25.0 Å². The maximum absolute atomic E-state index is 5.82. The van der Waals surface area contributed by atoms with E-state index in [-0.39, 0.29) is 0 Å². The lowest BCUT2D eigenvalue weighted by molar-refractivity contribution is -0.0382. The molecule has 1 saturated carbocycles. The Bertz CT molecular complexity index is 344. The van der Waals surface area contributed by atoms with Crippen LogP contribution in [0.2, 0.25) is 0 Å². The minimum Gasteiger partial charge on any atom is -0.489 e. The number of pyridine rings is 1. The van der Waals surface area contributed by atoms with Crippen molar-refractivity contribution in [3.05, 3.63) is 24.0 Å². The van der Waals surface area contributed by atoms with Crippen LogP contribution >= 0.6 is 0 Å². The van der Waals surface area contributed by atoms with Crippen LogP contribution in [-0.2, 0) is 11.2 Å². The van der Waals surface area contributed by atoms with Gasteiger partial charge in [0.05, 0.1) is 12.3 Å². The topological polar surface area (TPSA) is 31.4 Å². The average Bonchev–Trinajstić information content (AvgIpc) is 2.35. The monoisotopic (exact) mass is 249 g/mol. The second-order valence-corrected chi connectivity index (χ2v) is 5.01. The van der Waals surface area contributed by atoms with E-state index in [2.05, 4.69) is 18.0 Å². The highest BCUT2D eigenvalue weighted by molar-refractivity contribution is 5.20. The lowest BCUT2D eigenvalue weighted by atomic mass is 9.92. The van der Waals surface area contributed by atoms with Gasteiger partial charge in [0.15, 0.2) is 0 Å². The first-order valence-corrected chi connectivity index (χ1v) is 6.96. The molecule has 2 rings (SSSR count). The molecule has 18 heavy (non-hydrogen) atoms. The second kappa shape index (κ2) is 6.74. The van der Waals surface area contributed by atoms with Gasteiger partial charge >= 0.3 is 0 Å². The number of methoxy groups -OCH3 is 1. The molecule has 0 aromatic carbocycles. The summed E-state index contributed by atoms with van der Waals surface area (Å²) in [4.78, 5) is 4.44. The van der Waals surface area contributed by atoms with Gasteiger partial charge in [-0.15, -0.1) is 0 Å². The molecule has 0 unspecified atom stereocenters. The van der Waals surface area contributed by atoms with Crippen molar-refractivity contribution < 1.29 is 9.47 Å². The van der Waals surface area contributed by atoms with Crippen molar-refractivity contribution in [1.29, 1.82) is 0 Å². The van der Waals surface area contributed by atoms with Crippen molar-refractivity contribution in [3.63, 3.8) is 0 Å². The molecule has 0 spiro atoms. The van der Waals surface area contributed by atoms with Gasteiger partial charge in [0.25, 0.3) is 0 Å². The molecule has 0 bridgehead atoms. The van der Waals surface area contributed by atoms with E-state index >= 15 is 0 Å². The SMILES string of the molecule is CCCCCc1ccc(OC2CC(OC)C2)cn1. The average molecular weight is 249 g/mol. The number of rotatable bonds is 7. The number of aromatic nitrogens is 1. The highest BCUT2D eigenvalue weighted by Gasteiger charge is 2.30. The molecule has 1 aliphatic carbocycles. The molecule has 0 radical (unpaired) electrons. The Balaban J connectivity index is 1.74. The van der Waals surface area contributed by atoms with Crippen molar-refractivity contribution >= 4 is 0 Å². The maximum Gasteiger partial charge on any atom is 0.138 e. The zero-order valence-corrected chi connectivity index (χ0v) is 11.4.